The SMILES string of the molecule is CCOCCOCCOC(=O)Cn1c(CN(C)C)nc2sc(C)c(C)c2c1=O. The van der Waals surface area contributed by atoms with Crippen LogP contribution in [0.1, 0.15) is 23.2 Å². The van der Waals surface area contributed by atoms with Crippen LogP contribution in [0.3, 0.4) is 0 Å². The molecule has 0 N–H and O–H groups in total. The summed E-state index contributed by atoms with van der Waals surface area (Å²) in [7, 11) is 3.78. The third kappa shape index (κ3) is 5.84. The average Bonchev–Trinajstić information content (AvgIpc) is 2.91. The first-order valence-corrected chi connectivity index (χ1v) is 10.1. The Bertz CT molecular complexity index is 859. The highest BCUT2D eigenvalue weighted by molar-refractivity contribution is 7.18. The van der Waals surface area contributed by atoms with Gasteiger partial charge in [-0.15, -0.1) is 11.3 Å². The Labute approximate surface area is 169 Å². The maximum absolute atomic E-state index is 13.0. The predicted molar refractivity (Wildman–Crippen MR) is 109 cm³/mol. The van der Waals surface area contributed by atoms with Crippen LogP contribution in [0, 0.1) is 13.8 Å². The van der Waals surface area contributed by atoms with E-state index in [1.54, 1.807) is 0 Å². The van der Waals surface area contributed by atoms with Gasteiger partial charge in [-0.25, -0.2) is 4.98 Å². The van der Waals surface area contributed by atoms with Crippen LogP contribution >= 0.6 is 11.3 Å². The van der Waals surface area contributed by atoms with E-state index < -0.39 is 5.97 Å². The first-order valence-electron chi connectivity index (χ1n) is 9.30. The van der Waals surface area contributed by atoms with Gasteiger partial charge in [-0.2, -0.15) is 0 Å². The van der Waals surface area contributed by atoms with Gasteiger partial charge in [-0.3, -0.25) is 14.2 Å². The number of hydrogen-bond acceptors (Lipinski definition) is 8. The van der Waals surface area contributed by atoms with Crippen molar-refractivity contribution in [3.05, 3.63) is 26.6 Å². The number of ether oxygens (including phenoxy) is 3. The highest BCUT2D eigenvalue weighted by Gasteiger charge is 2.19. The fourth-order valence-corrected chi connectivity index (χ4v) is 3.73. The number of aromatic nitrogens is 2. The maximum atomic E-state index is 13.0. The van der Waals surface area contributed by atoms with Gasteiger partial charge in [0.2, 0.25) is 0 Å². The molecule has 28 heavy (non-hydrogen) atoms. The lowest BCUT2D eigenvalue weighted by molar-refractivity contribution is -0.146. The standard InChI is InChI=1S/C19H29N3O5S/c1-6-25-7-8-26-9-10-27-16(23)12-22-15(11-21(4)5)20-18-17(19(22)24)13(2)14(3)28-18/h6-12H2,1-5H3. The summed E-state index contributed by atoms with van der Waals surface area (Å²) in [6.07, 6.45) is 0. The molecule has 2 aromatic heterocycles. The van der Waals surface area contributed by atoms with Gasteiger partial charge in [-0.05, 0) is 40.4 Å². The number of carbonyl (C=O) groups is 1. The summed E-state index contributed by atoms with van der Waals surface area (Å²) in [4.78, 5) is 33.6. The van der Waals surface area contributed by atoms with Gasteiger partial charge in [-0.1, -0.05) is 0 Å². The third-order valence-electron chi connectivity index (χ3n) is 4.18. The summed E-state index contributed by atoms with van der Waals surface area (Å²) in [6.45, 7) is 8.11. The molecule has 0 amide bonds. The van der Waals surface area contributed by atoms with Crippen LogP contribution in [0.5, 0.6) is 0 Å². The molecular formula is C19H29N3O5S. The molecule has 0 aromatic carbocycles. The normalized spacial score (nSPS) is 11.5. The van der Waals surface area contributed by atoms with Crippen molar-refractivity contribution < 1.29 is 19.0 Å². The molecule has 0 aliphatic carbocycles. The lowest BCUT2D eigenvalue weighted by Crippen LogP contribution is -2.31. The van der Waals surface area contributed by atoms with E-state index in [0.717, 1.165) is 10.4 Å². The van der Waals surface area contributed by atoms with E-state index in [1.165, 1.54) is 15.9 Å². The van der Waals surface area contributed by atoms with E-state index in [1.807, 2.05) is 39.8 Å². The van der Waals surface area contributed by atoms with Crippen molar-refractivity contribution >= 4 is 27.5 Å². The molecule has 156 valence electrons. The topological polar surface area (TPSA) is 82.9 Å². The first-order chi connectivity index (χ1) is 13.3. The molecule has 0 radical (unpaired) electrons. The van der Waals surface area contributed by atoms with Crippen molar-refractivity contribution in [1.29, 1.82) is 0 Å². The quantitative estimate of drug-likeness (QED) is 0.411. The third-order valence-corrected chi connectivity index (χ3v) is 5.28. The zero-order valence-electron chi connectivity index (χ0n) is 17.2. The highest BCUT2D eigenvalue weighted by Crippen LogP contribution is 2.26. The van der Waals surface area contributed by atoms with E-state index in [4.69, 9.17) is 14.2 Å². The number of fused-ring (bicyclic) bond motifs is 1. The number of carbonyl (C=O) groups excluding carboxylic acids is 1. The molecule has 0 unspecified atom stereocenters. The summed E-state index contributed by atoms with van der Waals surface area (Å²) in [5.41, 5.74) is 0.715. The van der Waals surface area contributed by atoms with Gasteiger partial charge in [0.15, 0.2) is 0 Å². The molecule has 0 saturated heterocycles. The predicted octanol–water partition coefficient (Wildman–Crippen LogP) is 1.73. The fourth-order valence-electron chi connectivity index (χ4n) is 2.69. The summed E-state index contributed by atoms with van der Waals surface area (Å²) in [5, 5.41) is 0.581. The zero-order valence-corrected chi connectivity index (χ0v) is 18.1. The minimum atomic E-state index is -0.485. The van der Waals surface area contributed by atoms with Gasteiger partial charge in [0.05, 0.1) is 31.8 Å². The van der Waals surface area contributed by atoms with Gasteiger partial charge in [0.1, 0.15) is 23.8 Å². The molecule has 8 nitrogen and oxygen atoms in total. The van der Waals surface area contributed by atoms with Crippen molar-refractivity contribution in [2.45, 2.75) is 33.9 Å². The zero-order chi connectivity index (χ0) is 20.7. The molecule has 0 aliphatic heterocycles. The van der Waals surface area contributed by atoms with E-state index in [-0.39, 0.29) is 18.7 Å². The summed E-state index contributed by atoms with van der Waals surface area (Å²) < 4.78 is 17.1. The fraction of sp³-hybridized carbons (Fsp3) is 0.632. The van der Waals surface area contributed by atoms with Crippen molar-refractivity contribution in [3.63, 3.8) is 0 Å². The molecule has 9 heteroatoms. The van der Waals surface area contributed by atoms with E-state index in [2.05, 4.69) is 4.98 Å². The molecule has 0 atom stereocenters. The summed E-state index contributed by atoms with van der Waals surface area (Å²) >= 11 is 1.50. The van der Waals surface area contributed by atoms with Crippen LogP contribution in [0.25, 0.3) is 10.2 Å². The lowest BCUT2D eigenvalue weighted by atomic mass is 10.2. The lowest BCUT2D eigenvalue weighted by Gasteiger charge is -2.15. The second-order valence-corrected chi connectivity index (χ2v) is 7.85. The van der Waals surface area contributed by atoms with Gasteiger partial charge < -0.3 is 19.1 Å². The van der Waals surface area contributed by atoms with Crippen LogP contribution < -0.4 is 5.56 Å². The van der Waals surface area contributed by atoms with Crippen LogP contribution in [0.2, 0.25) is 0 Å². The van der Waals surface area contributed by atoms with Gasteiger partial charge in [0, 0.05) is 11.5 Å². The number of hydrogen-bond donors (Lipinski definition) is 0. The minimum absolute atomic E-state index is 0.134. The van der Waals surface area contributed by atoms with Crippen LogP contribution in [0.4, 0.5) is 0 Å². The van der Waals surface area contributed by atoms with Crippen molar-refractivity contribution in [2.75, 3.05) is 47.1 Å². The molecular weight excluding hydrogens is 382 g/mol. The first kappa shape index (κ1) is 22.5. The van der Waals surface area contributed by atoms with Crippen molar-refractivity contribution in [3.8, 4) is 0 Å². The average molecular weight is 412 g/mol. The molecule has 2 aromatic rings. The smallest absolute Gasteiger partial charge is 0.326 e. The monoisotopic (exact) mass is 411 g/mol. The molecule has 0 spiro atoms. The summed E-state index contributed by atoms with van der Waals surface area (Å²) in [6, 6.07) is 0. The van der Waals surface area contributed by atoms with Crippen molar-refractivity contribution in [1.82, 2.24) is 14.5 Å². The molecule has 0 fully saturated rings. The Hall–Kier alpha value is -1.81. The number of esters is 1. The Morgan fingerprint density at radius 2 is 1.82 bits per heavy atom. The van der Waals surface area contributed by atoms with Crippen LogP contribution in [0.15, 0.2) is 4.79 Å². The number of rotatable bonds is 11. The maximum Gasteiger partial charge on any atom is 0.326 e. The van der Waals surface area contributed by atoms with Gasteiger partial charge in [0.25, 0.3) is 5.56 Å². The molecule has 0 bridgehead atoms. The van der Waals surface area contributed by atoms with E-state index >= 15 is 0 Å². The number of thiophene rings is 1. The second-order valence-electron chi connectivity index (χ2n) is 6.65. The number of aryl methyl sites for hydroxylation is 2. The van der Waals surface area contributed by atoms with Crippen LogP contribution in [-0.2, 0) is 32.1 Å². The Balaban J connectivity index is 2.09. The van der Waals surface area contributed by atoms with E-state index in [9.17, 15) is 9.59 Å². The van der Waals surface area contributed by atoms with Crippen molar-refractivity contribution in [2.24, 2.45) is 0 Å². The Morgan fingerprint density at radius 3 is 2.50 bits per heavy atom. The van der Waals surface area contributed by atoms with Crippen LogP contribution in [-0.4, -0.2) is 67.6 Å². The molecule has 2 heterocycles. The highest BCUT2D eigenvalue weighted by atomic mass is 32.1. The minimum Gasteiger partial charge on any atom is -0.462 e. The second kappa shape index (κ2) is 10.7. The van der Waals surface area contributed by atoms with E-state index in [0.29, 0.717) is 49.0 Å². The largest absolute Gasteiger partial charge is 0.462 e. The Kier molecular flexibility index (Phi) is 8.56. The Morgan fingerprint density at radius 1 is 1.14 bits per heavy atom. The molecule has 0 saturated carbocycles. The molecule has 0 aliphatic rings. The summed E-state index contributed by atoms with van der Waals surface area (Å²) in [5.74, 6) is 0.0648. The van der Waals surface area contributed by atoms with Gasteiger partial charge >= 0.3 is 5.97 Å². The molecule has 2 rings (SSSR count). The number of nitrogens with zero attached hydrogens (tertiary/aromatic N) is 3.